The Morgan fingerprint density at radius 1 is 0.740 bits per heavy atom. The second-order valence-corrected chi connectivity index (χ2v) is 21.3. The predicted octanol–water partition coefficient (Wildman–Crippen LogP) is 8.18. The summed E-state index contributed by atoms with van der Waals surface area (Å²) in [5.41, 5.74) is 3.46. The highest BCUT2D eigenvalue weighted by atomic mass is 16.4. The summed E-state index contributed by atoms with van der Waals surface area (Å²) < 4.78 is 0. The summed E-state index contributed by atoms with van der Waals surface area (Å²) in [4.78, 5) is 97.6. The van der Waals surface area contributed by atoms with E-state index in [1.807, 2.05) is 108 Å². The van der Waals surface area contributed by atoms with Gasteiger partial charge < -0.3 is 41.5 Å². The Labute approximate surface area is 434 Å². The number of carbonyl (C=O) groups excluding carboxylic acids is 6. The van der Waals surface area contributed by atoms with E-state index in [1.165, 1.54) is 11.8 Å². The molecule has 0 fully saturated rings. The molecule has 5 atom stereocenters. The van der Waals surface area contributed by atoms with Crippen molar-refractivity contribution in [2.45, 2.75) is 157 Å². The predicted molar refractivity (Wildman–Crippen MR) is 292 cm³/mol. The van der Waals surface area contributed by atoms with Gasteiger partial charge in [-0.2, -0.15) is 0 Å². The Bertz CT molecular complexity index is 2450. The number of benzene rings is 3. The molecule has 15 nitrogen and oxygen atoms in total. The number of unbranched alkanes of at least 4 members (excludes halogenated alkanes) is 1. The van der Waals surface area contributed by atoms with Crippen molar-refractivity contribution in [1.29, 1.82) is 0 Å². The zero-order valence-corrected chi connectivity index (χ0v) is 45.8. The van der Waals surface area contributed by atoms with Crippen molar-refractivity contribution in [3.8, 4) is 0 Å². The van der Waals surface area contributed by atoms with Crippen LogP contribution in [0, 0.1) is 17.3 Å². The van der Waals surface area contributed by atoms with Crippen LogP contribution in [0.4, 0.5) is 11.4 Å². The highest BCUT2D eigenvalue weighted by molar-refractivity contribution is 5.99. The summed E-state index contributed by atoms with van der Waals surface area (Å²) >= 11 is 0. The molecule has 0 aliphatic rings. The maximum atomic E-state index is 14.2. The van der Waals surface area contributed by atoms with Crippen molar-refractivity contribution in [3.05, 3.63) is 113 Å². The lowest BCUT2D eigenvalue weighted by Crippen LogP contribution is -2.61. The zero-order valence-electron chi connectivity index (χ0n) is 45.8. The van der Waals surface area contributed by atoms with Gasteiger partial charge in [0.05, 0.1) is 18.6 Å². The highest BCUT2D eigenvalue weighted by Gasteiger charge is 2.42. The number of nitrogens with one attached hydrogen (secondary N) is 5. The van der Waals surface area contributed by atoms with Gasteiger partial charge in [0.2, 0.25) is 35.4 Å². The number of hydrogen-bond donors (Lipinski definition) is 6. The summed E-state index contributed by atoms with van der Waals surface area (Å²) in [5, 5.41) is 24.1. The van der Waals surface area contributed by atoms with Gasteiger partial charge in [0.1, 0.15) is 18.1 Å². The normalized spacial score (nSPS) is 14.0. The summed E-state index contributed by atoms with van der Waals surface area (Å²) in [5.74, 6) is -3.71. The van der Waals surface area contributed by atoms with E-state index in [0.717, 1.165) is 28.8 Å². The van der Waals surface area contributed by atoms with Crippen LogP contribution in [-0.4, -0.2) is 95.7 Å². The molecule has 73 heavy (non-hydrogen) atoms. The number of likely N-dealkylation sites (N-methyl/N-ethyl adjacent to an activating group) is 2. The first-order valence-corrected chi connectivity index (χ1v) is 25.5. The summed E-state index contributed by atoms with van der Waals surface area (Å²) in [6, 6.07) is 18.5. The molecule has 0 heterocycles. The first kappa shape index (κ1) is 60.7. The van der Waals surface area contributed by atoms with Gasteiger partial charge in [-0.1, -0.05) is 143 Å². The van der Waals surface area contributed by atoms with Gasteiger partial charge >= 0.3 is 5.97 Å². The fourth-order valence-corrected chi connectivity index (χ4v) is 8.81. The number of rotatable bonds is 26. The van der Waals surface area contributed by atoms with E-state index in [1.54, 1.807) is 65.2 Å². The van der Waals surface area contributed by atoms with Gasteiger partial charge in [-0.15, -0.1) is 0 Å². The molecular formula is C58H83N7O8. The highest BCUT2D eigenvalue weighted by Crippen LogP contribution is 2.31. The molecule has 6 N–H and O–H groups in total. The molecule has 0 saturated heterocycles. The number of aryl methyl sites for hydroxylation is 1. The molecule has 3 rings (SSSR count). The third-order valence-electron chi connectivity index (χ3n) is 13.4. The second kappa shape index (κ2) is 27.4. The van der Waals surface area contributed by atoms with Crippen LogP contribution in [-0.2, 0) is 51.9 Å². The molecule has 0 spiro atoms. The Hall–Kier alpha value is -6.61. The minimum Gasteiger partial charge on any atom is -0.478 e. The molecule has 0 radical (unpaired) electrons. The fraction of sp³-hybridized carbons (Fsp3) is 0.500. The average molecular weight is 1010 g/mol. The molecule has 3 aromatic rings. The van der Waals surface area contributed by atoms with E-state index < -0.39 is 64.7 Å². The molecule has 0 aliphatic carbocycles. The number of aliphatic carboxylic acids is 1. The molecule has 6 amide bonds. The van der Waals surface area contributed by atoms with Crippen LogP contribution in [0.15, 0.2) is 91.0 Å². The SMILES string of the molecule is C=Cc1ccccc1CN(C(=O)CCCCC(=O)N[C@H](C(=O)N[C@@H](C)C(=O)Nc1cccc(C(C)(C)C(NC)C(=O)N[C@H](C(=O)N(C)[C@H](/C=C(\C)C(=O)O)C(C)C)C(C)(C)C)c1)C(C)C)c1ccccc1CC. The largest absolute Gasteiger partial charge is 0.478 e. The van der Waals surface area contributed by atoms with Crippen LogP contribution in [0.2, 0.25) is 0 Å². The van der Waals surface area contributed by atoms with E-state index in [-0.39, 0.29) is 48.0 Å². The van der Waals surface area contributed by atoms with Crippen LogP contribution < -0.4 is 31.5 Å². The number of para-hydroxylation sites is 1. The number of carboxylic acids is 1. The van der Waals surface area contributed by atoms with E-state index in [0.29, 0.717) is 30.6 Å². The molecule has 0 aliphatic heterocycles. The number of carbonyl (C=O) groups is 7. The number of carboxylic acid groups (broad SMARTS) is 1. The lowest BCUT2D eigenvalue weighted by molar-refractivity contribution is -0.141. The van der Waals surface area contributed by atoms with Crippen LogP contribution in [0.5, 0.6) is 0 Å². The van der Waals surface area contributed by atoms with Crippen LogP contribution in [0.25, 0.3) is 6.08 Å². The maximum Gasteiger partial charge on any atom is 0.331 e. The van der Waals surface area contributed by atoms with Crippen molar-refractivity contribution in [1.82, 2.24) is 26.2 Å². The minimum absolute atomic E-state index is 0.0579. The number of anilines is 2. The second-order valence-electron chi connectivity index (χ2n) is 21.3. The number of nitrogens with zero attached hydrogens (tertiary/aromatic N) is 2. The first-order valence-electron chi connectivity index (χ1n) is 25.5. The van der Waals surface area contributed by atoms with Crippen molar-refractivity contribution < 1.29 is 38.7 Å². The van der Waals surface area contributed by atoms with Crippen LogP contribution in [0.3, 0.4) is 0 Å². The van der Waals surface area contributed by atoms with Gasteiger partial charge in [0.25, 0.3) is 0 Å². The van der Waals surface area contributed by atoms with Gasteiger partial charge in [0.15, 0.2) is 0 Å². The summed E-state index contributed by atoms with van der Waals surface area (Å²) in [6.07, 6.45) is 5.31. The topological polar surface area (TPSA) is 206 Å². The molecule has 1 unspecified atom stereocenters. The fourth-order valence-electron chi connectivity index (χ4n) is 8.81. The van der Waals surface area contributed by atoms with Gasteiger partial charge in [-0.05, 0) is 97.9 Å². The molecule has 0 saturated carbocycles. The third-order valence-corrected chi connectivity index (χ3v) is 13.4. The van der Waals surface area contributed by atoms with Gasteiger partial charge in [0, 0.05) is 42.3 Å². The molecule has 398 valence electrons. The Balaban J connectivity index is 1.65. The zero-order chi connectivity index (χ0) is 55.0. The Morgan fingerprint density at radius 2 is 1.36 bits per heavy atom. The number of amides is 6. The third kappa shape index (κ3) is 17.0. The van der Waals surface area contributed by atoms with Crippen molar-refractivity contribution in [2.75, 3.05) is 24.3 Å². The standard InChI is InChI=1S/C58H83N7O8/c1-16-40-25-18-19-27-42(40)35-65(45-30-21-20-26-41(45)17-2)48(67)32-23-22-31-47(66)62-49(37(5)6)53(69)60-39(8)52(68)61-44-29-24-28-43(34-44)58(12,13)50(59-14)54(70)63-51(57(9,10)11)55(71)64(15)46(36(3)4)33-38(7)56(72)73/h16,18-21,24-30,33-34,36-37,39,46,49-51,59H,1,17,22-23,31-32,35H2,2-15H3,(H,60,69)(H,61,68)(H,62,66)(H,63,70)(H,72,73)/b38-33+/t39-,46+,49-,50?,51+/m0/s1. The maximum absolute atomic E-state index is 14.2. The molecule has 15 heteroatoms. The summed E-state index contributed by atoms with van der Waals surface area (Å²) in [7, 11) is 3.26. The van der Waals surface area contributed by atoms with Crippen LogP contribution >= 0.6 is 0 Å². The van der Waals surface area contributed by atoms with Crippen LogP contribution in [0.1, 0.15) is 131 Å². The van der Waals surface area contributed by atoms with E-state index >= 15 is 0 Å². The Morgan fingerprint density at radius 3 is 1.93 bits per heavy atom. The van der Waals surface area contributed by atoms with Crippen molar-refractivity contribution in [2.24, 2.45) is 17.3 Å². The average Bonchev–Trinajstić information content (AvgIpc) is 3.33. The molecule has 0 aromatic heterocycles. The van der Waals surface area contributed by atoms with Gasteiger partial charge in [-0.25, -0.2) is 4.79 Å². The van der Waals surface area contributed by atoms with Gasteiger partial charge in [-0.3, -0.25) is 28.8 Å². The Kier molecular flexibility index (Phi) is 22.8. The smallest absolute Gasteiger partial charge is 0.331 e. The van der Waals surface area contributed by atoms with Crippen molar-refractivity contribution in [3.63, 3.8) is 0 Å². The quantitative estimate of drug-likeness (QED) is 0.0338. The van der Waals surface area contributed by atoms with E-state index in [4.69, 9.17) is 0 Å². The number of hydrogen-bond acceptors (Lipinski definition) is 8. The van der Waals surface area contributed by atoms with E-state index in [9.17, 15) is 38.7 Å². The molecular weight excluding hydrogens is 923 g/mol. The molecule has 0 bridgehead atoms. The monoisotopic (exact) mass is 1010 g/mol. The van der Waals surface area contributed by atoms with Crippen molar-refractivity contribution >= 4 is 58.9 Å². The minimum atomic E-state index is -1.08. The van der Waals surface area contributed by atoms with E-state index in [2.05, 4.69) is 40.1 Å². The first-order chi connectivity index (χ1) is 34.2. The molecule has 3 aromatic carbocycles. The lowest BCUT2D eigenvalue weighted by atomic mass is 9.76. The lowest BCUT2D eigenvalue weighted by Gasteiger charge is -2.40. The summed E-state index contributed by atoms with van der Waals surface area (Å²) in [6.45, 7) is 26.1.